The first-order valence-corrected chi connectivity index (χ1v) is 13.1. The second-order valence-corrected chi connectivity index (χ2v) is 10.9. The Morgan fingerprint density at radius 1 is 0.909 bits per heavy atom. The van der Waals surface area contributed by atoms with E-state index in [0.29, 0.717) is 11.8 Å². The number of hydrogen-bond donors (Lipinski definition) is 2. The van der Waals surface area contributed by atoms with Crippen molar-refractivity contribution in [3.05, 3.63) is 72.8 Å². The molecule has 1 aliphatic rings. The molecule has 168 valence electrons. The van der Waals surface area contributed by atoms with Crippen LogP contribution in [0.15, 0.2) is 61.4 Å². The van der Waals surface area contributed by atoms with Crippen molar-refractivity contribution >= 4 is 22.5 Å². The number of rotatable bonds is 4. The molecule has 0 atom stereocenters. The molecule has 0 saturated heterocycles. The van der Waals surface area contributed by atoms with Gasteiger partial charge in [0.2, 0.25) is 0 Å². The number of amidine groups is 1. The van der Waals surface area contributed by atoms with E-state index in [1.54, 1.807) is 0 Å². The zero-order chi connectivity index (χ0) is 23.1. The van der Waals surface area contributed by atoms with Crippen LogP contribution in [0.5, 0.6) is 0 Å². The van der Waals surface area contributed by atoms with E-state index in [0.717, 1.165) is 45.1 Å². The molecule has 2 aromatic heterocycles. The number of nitrogens with one attached hydrogen (secondary N) is 2. The predicted molar refractivity (Wildman–Crippen MR) is 133 cm³/mol. The summed E-state index contributed by atoms with van der Waals surface area (Å²) in [5.74, 6) is 2.71. The molecule has 2 N–H and O–H groups in total. The van der Waals surface area contributed by atoms with Gasteiger partial charge >= 0.3 is 222 Å². The van der Waals surface area contributed by atoms with E-state index >= 15 is 0 Å². The second-order valence-electron chi connectivity index (χ2n) is 8.88. The molecule has 0 fully saturated rings. The van der Waals surface area contributed by atoms with Crippen molar-refractivity contribution in [1.29, 1.82) is 0 Å². The third-order valence-electron chi connectivity index (χ3n) is 5.83. The molecule has 5 rings (SSSR count). The molecule has 0 aliphatic carbocycles. The second kappa shape index (κ2) is 9.24. The van der Waals surface area contributed by atoms with Crippen molar-refractivity contribution in [2.45, 2.75) is 33.6 Å². The third-order valence-corrected chi connectivity index (χ3v) is 7.87. The minimum absolute atomic E-state index is 0.290. The maximum atomic E-state index is 4.89. The van der Waals surface area contributed by atoms with Crippen molar-refractivity contribution in [2.24, 2.45) is 5.92 Å². The molecule has 0 unspecified atom stereocenters. The average Bonchev–Trinajstić information content (AvgIpc) is 3.24. The molecule has 0 bridgehead atoms. The predicted octanol–water partition coefficient (Wildman–Crippen LogP) is 5.67. The van der Waals surface area contributed by atoms with Crippen molar-refractivity contribution in [3.8, 4) is 22.4 Å². The molecule has 1 aliphatic heterocycles. The Morgan fingerprint density at radius 2 is 1.70 bits per heavy atom. The Bertz CT molecular complexity index is 1400. The van der Waals surface area contributed by atoms with Crippen LogP contribution in [0.1, 0.15) is 45.0 Å². The molecule has 0 spiro atoms. The standard InChI is InChI=1S/C27H27N5Xe/c1-15(2)26-29-14-23(31-26)22-11-10-20(21-7-6-12-28-25(21)22)18-8-9-19-17(5)30-27(16(3)4)32-33-24(19)13-18/h6-16H,5H2,1-4H3,(H,29,31)(H,30,32). The molecule has 0 saturated carbocycles. The number of aromatic amines is 1. The summed E-state index contributed by atoms with van der Waals surface area (Å²) in [7, 11) is 0. The summed E-state index contributed by atoms with van der Waals surface area (Å²) in [5.41, 5.74) is 7.48. The summed E-state index contributed by atoms with van der Waals surface area (Å²) >= 11 is -0.290. The first-order valence-electron chi connectivity index (χ1n) is 11.2. The Labute approximate surface area is 220 Å². The fourth-order valence-corrected chi connectivity index (χ4v) is 6.23. The monoisotopic (exact) mass is 553 g/mol. The van der Waals surface area contributed by atoms with Gasteiger partial charge in [-0.3, -0.25) is 0 Å². The van der Waals surface area contributed by atoms with Gasteiger partial charge in [-0.25, -0.2) is 0 Å². The number of fused-ring (bicyclic) bond motifs is 2. The molecule has 4 aromatic rings. The molecule has 6 heteroatoms. The quantitative estimate of drug-likeness (QED) is 0.343. The summed E-state index contributed by atoms with van der Waals surface area (Å²) in [4.78, 5) is 12.8. The maximum absolute atomic E-state index is 4.89. The fraction of sp³-hybridized carbons (Fsp3) is 0.222. The fourth-order valence-electron chi connectivity index (χ4n) is 3.95. The van der Waals surface area contributed by atoms with Crippen LogP contribution < -0.4 is 5.35 Å². The van der Waals surface area contributed by atoms with Crippen molar-refractivity contribution in [1.82, 2.24) is 20.3 Å². The van der Waals surface area contributed by atoms with Crippen LogP contribution in [-0.4, -0.2) is 20.8 Å². The minimum atomic E-state index is -0.290. The molecule has 3 heterocycles. The normalized spacial score (nSPS) is 14.0. The number of aromatic nitrogens is 3. The van der Waals surface area contributed by atoms with Crippen molar-refractivity contribution in [2.75, 3.05) is 0 Å². The van der Waals surface area contributed by atoms with Gasteiger partial charge in [-0.2, -0.15) is 0 Å². The first-order chi connectivity index (χ1) is 15.9. The number of benzene rings is 2. The summed E-state index contributed by atoms with van der Waals surface area (Å²) in [6.45, 7) is 12.9. The van der Waals surface area contributed by atoms with Crippen LogP contribution >= 0.6 is 0 Å². The van der Waals surface area contributed by atoms with E-state index in [4.69, 9.17) is 4.99 Å². The van der Waals surface area contributed by atoms with E-state index in [-0.39, 0.29) is 44.6 Å². The van der Waals surface area contributed by atoms with Gasteiger partial charge in [0.15, 0.2) is 0 Å². The number of hydrogen-bond acceptors (Lipinski definition) is 4. The van der Waals surface area contributed by atoms with Crippen molar-refractivity contribution in [3.63, 3.8) is 0 Å². The Morgan fingerprint density at radius 3 is 2.45 bits per heavy atom. The van der Waals surface area contributed by atoms with Crippen LogP contribution in [0.25, 0.3) is 39.0 Å². The van der Waals surface area contributed by atoms with Crippen LogP contribution in [0, 0.1) is 50.5 Å². The molecule has 0 amide bonds. The first kappa shape index (κ1) is 22.6. The number of nitrogens with zero attached hydrogens (tertiary/aromatic N) is 3. The van der Waals surface area contributed by atoms with E-state index in [9.17, 15) is 0 Å². The zero-order valence-electron chi connectivity index (χ0n) is 19.3. The number of pyridine rings is 1. The van der Waals surface area contributed by atoms with Gasteiger partial charge in [-0.15, -0.1) is 0 Å². The summed E-state index contributed by atoms with van der Waals surface area (Å²) in [6.07, 6.45) is 3.77. The van der Waals surface area contributed by atoms with E-state index in [1.165, 1.54) is 11.2 Å². The van der Waals surface area contributed by atoms with Gasteiger partial charge < -0.3 is 0 Å². The summed E-state index contributed by atoms with van der Waals surface area (Å²) < 4.78 is 6.16. The number of H-pyrrole nitrogens is 1. The van der Waals surface area contributed by atoms with E-state index < -0.39 is 0 Å². The average molecular weight is 553 g/mol. The topological polar surface area (TPSA) is 66.0 Å². The van der Waals surface area contributed by atoms with Gasteiger partial charge in [-0.1, -0.05) is 0 Å². The van der Waals surface area contributed by atoms with Crippen LogP contribution in [0.4, 0.5) is 0 Å². The van der Waals surface area contributed by atoms with E-state index in [2.05, 4.69) is 86.0 Å². The summed E-state index contributed by atoms with van der Waals surface area (Å²) in [6, 6.07) is 15.1. The van der Waals surface area contributed by atoms with Gasteiger partial charge in [0.25, 0.3) is 0 Å². The zero-order valence-corrected chi connectivity index (χ0v) is 21.3. The van der Waals surface area contributed by atoms with Crippen LogP contribution in [0.3, 0.4) is 0 Å². The van der Waals surface area contributed by atoms with Gasteiger partial charge in [0.05, 0.1) is 0 Å². The summed E-state index contributed by atoms with van der Waals surface area (Å²) in [5, 5.41) is 4.55. The Balaban J connectivity index is 1.61. The molecule has 2 aromatic carbocycles. The van der Waals surface area contributed by atoms with Crippen LogP contribution in [-0.2, 0) is 0 Å². The van der Waals surface area contributed by atoms with Crippen molar-refractivity contribution < 1.29 is 44.6 Å². The molecule has 5 nitrogen and oxygen atoms in total. The Hall–Kier alpha value is -2.16. The van der Waals surface area contributed by atoms with Gasteiger partial charge in [0.1, 0.15) is 0 Å². The molecular weight excluding hydrogens is 526 g/mol. The Kier molecular flexibility index (Phi) is 6.33. The third kappa shape index (κ3) is 4.36. The SMILES string of the molecule is C=C1NC(C(C)C)=N[Xe]c2cc(-c3ccc(-c4cnc(C(C)C)[nH]4)c4ncccc34)ccc21. The molecule has 0 radical (unpaired) electrons. The molecular formula is C27H27N5Xe. The molecule has 33 heavy (non-hydrogen) atoms. The van der Waals surface area contributed by atoms with Crippen LogP contribution in [0.2, 0.25) is 0 Å². The number of imidazole rings is 1. The van der Waals surface area contributed by atoms with E-state index in [1.807, 2.05) is 18.5 Å². The van der Waals surface area contributed by atoms with Gasteiger partial charge in [-0.05, 0) is 0 Å². The van der Waals surface area contributed by atoms with Gasteiger partial charge in [0, 0.05) is 0 Å².